The molecule has 0 spiro atoms. The smallest absolute Gasteiger partial charge is 0.0411 e. The van der Waals surface area contributed by atoms with Gasteiger partial charge in [0.2, 0.25) is 0 Å². The van der Waals surface area contributed by atoms with Crippen molar-refractivity contribution in [3.63, 3.8) is 0 Å². The molecule has 0 aromatic rings. The highest BCUT2D eigenvalue weighted by molar-refractivity contribution is 5.58. The largest absolute Gasteiger partial charge is 0.265 e. The summed E-state index contributed by atoms with van der Waals surface area (Å²) >= 11 is 0. The van der Waals surface area contributed by atoms with Gasteiger partial charge in [-0.15, -0.1) is 0 Å². The van der Waals surface area contributed by atoms with E-state index in [9.17, 15) is 0 Å². The van der Waals surface area contributed by atoms with E-state index in [0.717, 1.165) is 6.42 Å². The molecule has 0 aliphatic carbocycles. The van der Waals surface area contributed by atoms with Crippen molar-refractivity contribution in [3.05, 3.63) is 11.3 Å². The first-order valence-corrected chi connectivity index (χ1v) is 4.29. The predicted octanol–water partition coefficient (Wildman–Crippen LogP) is 3.42. The summed E-state index contributed by atoms with van der Waals surface area (Å²) in [6.07, 6.45) is 2.99. The number of aliphatic imine (C=N–C) groups is 1. The van der Waals surface area contributed by atoms with Crippen LogP contribution in [0.4, 0.5) is 0 Å². The first kappa shape index (κ1) is 10.4. The van der Waals surface area contributed by atoms with Crippen molar-refractivity contribution in [1.82, 2.24) is 0 Å². The van der Waals surface area contributed by atoms with Crippen LogP contribution >= 0.6 is 0 Å². The van der Waals surface area contributed by atoms with Crippen LogP contribution in [0.2, 0.25) is 0 Å². The van der Waals surface area contributed by atoms with Crippen LogP contribution < -0.4 is 0 Å². The van der Waals surface area contributed by atoms with Crippen LogP contribution in [0.3, 0.4) is 0 Å². The van der Waals surface area contributed by atoms with Crippen molar-refractivity contribution in [3.8, 4) is 0 Å². The van der Waals surface area contributed by atoms with E-state index in [-0.39, 0.29) is 0 Å². The molecule has 0 bridgehead atoms. The van der Waals surface area contributed by atoms with Gasteiger partial charge >= 0.3 is 0 Å². The summed E-state index contributed by atoms with van der Waals surface area (Å²) in [5, 5.41) is 0. The van der Waals surface area contributed by atoms with Crippen LogP contribution in [-0.4, -0.2) is 6.21 Å². The van der Waals surface area contributed by atoms with Gasteiger partial charge in [0.25, 0.3) is 0 Å². The summed E-state index contributed by atoms with van der Waals surface area (Å²) in [5.74, 6) is 0.544. The molecule has 1 nitrogen and oxygen atoms in total. The third-order valence-electron chi connectivity index (χ3n) is 1.47. The Morgan fingerprint density at radius 1 is 1.36 bits per heavy atom. The van der Waals surface area contributed by atoms with E-state index in [1.54, 1.807) is 0 Å². The lowest BCUT2D eigenvalue weighted by Gasteiger charge is -2.07. The average Bonchev–Trinajstić information content (AvgIpc) is 1.87. The van der Waals surface area contributed by atoms with E-state index in [4.69, 9.17) is 0 Å². The Labute approximate surface area is 70.2 Å². The Morgan fingerprint density at radius 2 is 1.91 bits per heavy atom. The molecule has 0 saturated heterocycles. The van der Waals surface area contributed by atoms with Crippen molar-refractivity contribution in [1.29, 1.82) is 0 Å². The second-order valence-corrected chi connectivity index (χ2v) is 3.26. The van der Waals surface area contributed by atoms with E-state index in [1.807, 2.05) is 6.21 Å². The van der Waals surface area contributed by atoms with Gasteiger partial charge in [0.1, 0.15) is 0 Å². The molecule has 1 heteroatoms. The molecule has 0 aliphatic rings. The van der Waals surface area contributed by atoms with Gasteiger partial charge in [-0.1, -0.05) is 26.3 Å². The van der Waals surface area contributed by atoms with Gasteiger partial charge in [-0.25, -0.2) is 0 Å². The molecule has 0 rings (SSSR count). The SMILES string of the molecule is CC/C=N\C(=C(C)C)C(C)C. The van der Waals surface area contributed by atoms with Crippen molar-refractivity contribution in [2.45, 2.75) is 41.0 Å². The Morgan fingerprint density at radius 3 is 2.18 bits per heavy atom. The molecule has 0 aliphatic heterocycles. The molecule has 0 atom stereocenters. The standard InChI is InChI=1S/C10H19N/c1-6-7-11-10(8(2)3)9(4)5/h7-8H,6H2,1-5H3/b11-7-. The van der Waals surface area contributed by atoms with Crippen LogP contribution in [0, 0.1) is 5.92 Å². The topological polar surface area (TPSA) is 12.4 Å². The summed E-state index contributed by atoms with van der Waals surface area (Å²) in [6, 6.07) is 0. The molecule has 0 N–H and O–H groups in total. The third kappa shape index (κ3) is 3.97. The predicted molar refractivity (Wildman–Crippen MR) is 52.0 cm³/mol. The van der Waals surface area contributed by atoms with E-state index < -0.39 is 0 Å². The highest BCUT2D eigenvalue weighted by Crippen LogP contribution is 2.15. The maximum Gasteiger partial charge on any atom is 0.0411 e. The van der Waals surface area contributed by atoms with Crippen molar-refractivity contribution >= 4 is 6.21 Å². The molecule has 0 amide bonds. The third-order valence-corrected chi connectivity index (χ3v) is 1.47. The molecule has 0 saturated carbocycles. The van der Waals surface area contributed by atoms with Crippen LogP contribution in [0.5, 0.6) is 0 Å². The number of nitrogens with zero attached hydrogens (tertiary/aromatic N) is 1. The van der Waals surface area contributed by atoms with Crippen LogP contribution in [0.1, 0.15) is 41.0 Å². The van der Waals surface area contributed by atoms with Gasteiger partial charge in [-0.2, -0.15) is 0 Å². The molecule has 0 fully saturated rings. The molecule has 64 valence electrons. The van der Waals surface area contributed by atoms with Crippen molar-refractivity contribution in [2.24, 2.45) is 10.9 Å². The van der Waals surface area contributed by atoms with Gasteiger partial charge in [0.05, 0.1) is 0 Å². The zero-order valence-corrected chi connectivity index (χ0v) is 8.31. The van der Waals surface area contributed by atoms with Crippen LogP contribution in [-0.2, 0) is 0 Å². The van der Waals surface area contributed by atoms with E-state index >= 15 is 0 Å². The number of rotatable bonds is 3. The first-order chi connectivity index (χ1) is 5.09. The Kier molecular flexibility index (Phi) is 4.84. The van der Waals surface area contributed by atoms with Gasteiger partial charge in [-0.3, -0.25) is 4.99 Å². The maximum absolute atomic E-state index is 4.40. The minimum atomic E-state index is 0.544. The second kappa shape index (κ2) is 5.11. The Balaban J connectivity index is 4.38. The molecular weight excluding hydrogens is 134 g/mol. The summed E-state index contributed by atoms with van der Waals surface area (Å²) in [6.45, 7) is 10.7. The van der Waals surface area contributed by atoms with Crippen molar-refractivity contribution in [2.75, 3.05) is 0 Å². The summed E-state index contributed by atoms with van der Waals surface area (Å²) in [7, 11) is 0. The fraction of sp³-hybridized carbons (Fsp3) is 0.700. The minimum Gasteiger partial charge on any atom is -0.265 e. The first-order valence-electron chi connectivity index (χ1n) is 4.29. The average molecular weight is 153 g/mol. The minimum absolute atomic E-state index is 0.544. The highest BCUT2D eigenvalue weighted by Gasteiger charge is 2.01. The Hall–Kier alpha value is -0.590. The van der Waals surface area contributed by atoms with Gasteiger partial charge in [0, 0.05) is 11.9 Å². The highest BCUT2D eigenvalue weighted by atomic mass is 14.7. The van der Waals surface area contributed by atoms with E-state index in [1.165, 1.54) is 11.3 Å². The number of hydrogen-bond donors (Lipinski definition) is 0. The molecule has 0 aromatic heterocycles. The number of allylic oxidation sites excluding steroid dienone is 2. The maximum atomic E-state index is 4.40. The zero-order chi connectivity index (χ0) is 8.85. The van der Waals surface area contributed by atoms with Gasteiger partial charge in [-0.05, 0) is 26.2 Å². The monoisotopic (exact) mass is 153 g/mol. The Bertz CT molecular complexity index is 160. The lowest BCUT2D eigenvalue weighted by atomic mass is 10.1. The summed E-state index contributed by atoms with van der Waals surface area (Å²) < 4.78 is 0. The molecule has 0 radical (unpaired) electrons. The second-order valence-electron chi connectivity index (χ2n) is 3.26. The lowest BCUT2D eigenvalue weighted by Crippen LogP contribution is -1.93. The van der Waals surface area contributed by atoms with Crippen LogP contribution in [0.25, 0.3) is 0 Å². The molecule has 0 aromatic carbocycles. The van der Waals surface area contributed by atoms with Crippen molar-refractivity contribution < 1.29 is 0 Å². The van der Waals surface area contributed by atoms with Gasteiger partial charge < -0.3 is 0 Å². The number of hydrogen-bond acceptors (Lipinski definition) is 1. The zero-order valence-electron chi connectivity index (χ0n) is 8.31. The van der Waals surface area contributed by atoms with Gasteiger partial charge in [0.15, 0.2) is 0 Å². The molecular formula is C10H19N. The van der Waals surface area contributed by atoms with E-state index in [0.29, 0.717) is 5.92 Å². The van der Waals surface area contributed by atoms with E-state index in [2.05, 4.69) is 39.6 Å². The lowest BCUT2D eigenvalue weighted by molar-refractivity contribution is 0.745. The quantitative estimate of drug-likeness (QED) is 0.551. The van der Waals surface area contributed by atoms with Crippen LogP contribution in [0.15, 0.2) is 16.3 Å². The fourth-order valence-electron chi connectivity index (χ4n) is 1.05. The summed E-state index contributed by atoms with van der Waals surface area (Å²) in [4.78, 5) is 4.40. The normalized spacial score (nSPS) is 11.1. The summed E-state index contributed by atoms with van der Waals surface area (Å²) in [5.41, 5.74) is 2.55. The molecule has 11 heavy (non-hydrogen) atoms. The molecule has 0 unspecified atom stereocenters. The molecule has 0 heterocycles. The fourth-order valence-corrected chi connectivity index (χ4v) is 1.05.